The highest BCUT2D eigenvalue weighted by molar-refractivity contribution is 5.81. The third kappa shape index (κ3) is 10.3. The lowest BCUT2D eigenvalue weighted by atomic mass is 9.98. The first kappa shape index (κ1) is 35.6. The standard InChI is InChI=1S/C22H26N4O2.C11H18N2O2.C2H6/c1-15-6-7-16-8-9-26(13-18(16)10-15)14-22(28)24-21-11-17(12-23-25-21)19-4-2-3-5-20(19)27;1-3-13(11(14)9(2)8-12)10-4-6-15-7-5-10;1-2/h2-7,10,12,21,23,25,27H,8-9,11,13-14H2,1H3,(H,24,28);9-10H,3-7H2,1-2H3;1-2H3. The van der Waals surface area contributed by atoms with Gasteiger partial charge in [0.2, 0.25) is 11.8 Å². The van der Waals surface area contributed by atoms with Gasteiger partial charge in [0.25, 0.3) is 0 Å². The summed E-state index contributed by atoms with van der Waals surface area (Å²) in [6.45, 7) is 13.9. The molecule has 10 nitrogen and oxygen atoms in total. The Balaban J connectivity index is 0.000000276. The molecule has 5 rings (SSSR count). The number of carbonyl (C=O) groups is 2. The van der Waals surface area contributed by atoms with Crippen LogP contribution in [0, 0.1) is 24.2 Å². The van der Waals surface area contributed by atoms with Crippen LogP contribution in [0.2, 0.25) is 0 Å². The summed E-state index contributed by atoms with van der Waals surface area (Å²) in [5.41, 5.74) is 11.7. The number of hydrogen-bond donors (Lipinski definition) is 4. The number of nitrogens with zero attached hydrogens (tertiary/aromatic N) is 3. The Morgan fingerprint density at radius 2 is 1.91 bits per heavy atom. The lowest BCUT2D eigenvalue weighted by Crippen LogP contribution is -2.54. The molecule has 0 spiro atoms. The molecule has 2 amide bonds. The van der Waals surface area contributed by atoms with Crippen molar-refractivity contribution >= 4 is 17.4 Å². The van der Waals surface area contributed by atoms with E-state index in [9.17, 15) is 14.7 Å². The number of aryl methyl sites for hydroxylation is 1. The van der Waals surface area contributed by atoms with Gasteiger partial charge in [0.1, 0.15) is 17.8 Å². The van der Waals surface area contributed by atoms with Gasteiger partial charge in [-0.2, -0.15) is 5.26 Å². The fourth-order valence-corrected chi connectivity index (χ4v) is 5.80. The quantitative estimate of drug-likeness (QED) is 0.363. The van der Waals surface area contributed by atoms with Crippen molar-refractivity contribution in [2.75, 3.05) is 32.8 Å². The van der Waals surface area contributed by atoms with Gasteiger partial charge in [-0.15, -0.1) is 0 Å². The van der Waals surface area contributed by atoms with Crippen LogP contribution in [0.4, 0.5) is 0 Å². The topological polar surface area (TPSA) is 130 Å². The smallest absolute Gasteiger partial charge is 0.239 e. The summed E-state index contributed by atoms with van der Waals surface area (Å²) >= 11 is 0. The maximum Gasteiger partial charge on any atom is 0.239 e. The highest BCUT2D eigenvalue weighted by atomic mass is 16.5. The van der Waals surface area contributed by atoms with Crippen LogP contribution in [-0.2, 0) is 27.3 Å². The van der Waals surface area contributed by atoms with E-state index >= 15 is 0 Å². The second kappa shape index (κ2) is 18.2. The molecule has 3 aliphatic rings. The van der Waals surface area contributed by atoms with E-state index in [-0.39, 0.29) is 29.8 Å². The fourth-order valence-electron chi connectivity index (χ4n) is 5.80. The molecule has 0 saturated carbocycles. The number of nitriles is 1. The van der Waals surface area contributed by atoms with Gasteiger partial charge < -0.3 is 25.5 Å². The molecule has 244 valence electrons. The van der Waals surface area contributed by atoms with Crippen LogP contribution in [0.15, 0.2) is 48.7 Å². The summed E-state index contributed by atoms with van der Waals surface area (Å²) in [5.74, 6) is -0.349. The maximum atomic E-state index is 12.6. The molecular weight excluding hydrogens is 568 g/mol. The van der Waals surface area contributed by atoms with Gasteiger partial charge in [0.15, 0.2) is 0 Å². The predicted octanol–water partition coefficient (Wildman–Crippen LogP) is 4.24. The van der Waals surface area contributed by atoms with Gasteiger partial charge in [-0.05, 0) is 62.8 Å². The number of hydrazine groups is 1. The van der Waals surface area contributed by atoms with Gasteiger partial charge in [0, 0.05) is 57.1 Å². The number of para-hydroxylation sites is 1. The van der Waals surface area contributed by atoms with Crippen LogP contribution in [0.3, 0.4) is 0 Å². The number of benzene rings is 2. The summed E-state index contributed by atoms with van der Waals surface area (Å²) in [4.78, 5) is 28.4. The van der Waals surface area contributed by atoms with Gasteiger partial charge in [-0.3, -0.25) is 14.5 Å². The van der Waals surface area contributed by atoms with Crippen LogP contribution < -0.4 is 16.2 Å². The first-order chi connectivity index (χ1) is 21.8. The van der Waals surface area contributed by atoms with Crippen molar-refractivity contribution in [3.8, 4) is 11.8 Å². The molecule has 45 heavy (non-hydrogen) atoms. The molecule has 1 fully saturated rings. The molecule has 0 aliphatic carbocycles. The zero-order chi connectivity index (χ0) is 32.8. The Bertz CT molecular complexity index is 1330. The van der Waals surface area contributed by atoms with E-state index in [0.717, 1.165) is 56.7 Å². The second-order valence-electron chi connectivity index (χ2n) is 11.4. The molecule has 2 aromatic carbocycles. The highest BCUT2D eigenvalue weighted by Gasteiger charge is 2.27. The summed E-state index contributed by atoms with van der Waals surface area (Å²) in [5, 5.41) is 21.8. The summed E-state index contributed by atoms with van der Waals surface area (Å²) in [6.07, 6.45) is 4.94. The lowest BCUT2D eigenvalue weighted by molar-refractivity contribution is -0.137. The summed E-state index contributed by atoms with van der Waals surface area (Å²) in [6, 6.07) is 16.1. The Labute approximate surface area is 268 Å². The number of hydrogen-bond acceptors (Lipinski definition) is 8. The number of phenols is 1. The van der Waals surface area contributed by atoms with Crippen LogP contribution in [0.1, 0.15) is 69.2 Å². The van der Waals surface area contributed by atoms with Gasteiger partial charge in [0.05, 0.1) is 12.6 Å². The number of carbonyl (C=O) groups excluding carboxylic acids is 2. The zero-order valence-electron chi connectivity index (χ0n) is 27.4. The molecule has 0 aromatic heterocycles. The molecule has 4 N–H and O–H groups in total. The predicted molar refractivity (Wildman–Crippen MR) is 176 cm³/mol. The van der Waals surface area contributed by atoms with Crippen LogP contribution in [-0.4, -0.2) is 71.8 Å². The third-order valence-corrected chi connectivity index (χ3v) is 8.15. The Morgan fingerprint density at radius 3 is 2.60 bits per heavy atom. The Kier molecular flexibility index (Phi) is 14.3. The number of ether oxygens (including phenoxy) is 1. The van der Waals surface area contributed by atoms with Gasteiger partial charge >= 0.3 is 0 Å². The van der Waals surface area contributed by atoms with E-state index in [0.29, 0.717) is 19.5 Å². The number of rotatable bonds is 7. The minimum atomic E-state index is -0.534. The van der Waals surface area contributed by atoms with E-state index in [1.54, 1.807) is 19.1 Å². The minimum absolute atomic E-state index is 0.00561. The number of fused-ring (bicyclic) bond motifs is 1. The average molecular weight is 619 g/mol. The van der Waals surface area contributed by atoms with Crippen LogP contribution >= 0.6 is 0 Å². The van der Waals surface area contributed by atoms with E-state index in [1.807, 2.05) is 50.1 Å². The molecule has 10 heteroatoms. The van der Waals surface area contributed by atoms with Crippen molar-refractivity contribution in [2.24, 2.45) is 5.92 Å². The molecule has 0 bridgehead atoms. The first-order valence-corrected chi connectivity index (χ1v) is 16.2. The molecule has 1 saturated heterocycles. The van der Waals surface area contributed by atoms with Crippen molar-refractivity contribution in [3.05, 3.63) is 70.9 Å². The van der Waals surface area contributed by atoms with Crippen molar-refractivity contribution in [2.45, 2.75) is 79.1 Å². The van der Waals surface area contributed by atoms with Crippen molar-refractivity contribution in [3.63, 3.8) is 0 Å². The molecular formula is C35H50N6O4. The normalized spacial score (nSPS) is 18.6. The van der Waals surface area contributed by atoms with Crippen molar-refractivity contribution < 1.29 is 19.4 Å². The highest BCUT2D eigenvalue weighted by Crippen LogP contribution is 2.28. The minimum Gasteiger partial charge on any atom is -0.507 e. The number of amides is 2. The molecule has 3 aliphatic heterocycles. The molecule has 3 heterocycles. The SMILES string of the molecule is CC.CCN(C(=O)C(C)C#N)C1CCOCC1.Cc1ccc2c(c1)CN(CC(=O)NC1CC(c3ccccc3O)=CNN1)CC2. The van der Waals surface area contributed by atoms with Crippen molar-refractivity contribution in [1.82, 2.24) is 26.0 Å². The Hall–Kier alpha value is -3.91. The largest absolute Gasteiger partial charge is 0.507 e. The molecule has 0 radical (unpaired) electrons. The lowest BCUT2D eigenvalue weighted by Gasteiger charge is -2.34. The summed E-state index contributed by atoms with van der Waals surface area (Å²) < 4.78 is 5.26. The van der Waals surface area contributed by atoms with E-state index in [2.05, 4.69) is 46.2 Å². The number of aromatic hydroxyl groups is 1. The summed E-state index contributed by atoms with van der Waals surface area (Å²) in [7, 11) is 0. The Morgan fingerprint density at radius 1 is 1.18 bits per heavy atom. The monoisotopic (exact) mass is 618 g/mol. The maximum absolute atomic E-state index is 12.6. The molecule has 2 aromatic rings. The van der Waals surface area contributed by atoms with E-state index < -0.39 is 5.92 Å². The number of phenolic OH excluding ortho intramolecular Hbond substituents is 1. The zero-order valence-corrected chi connectivity index (χ0v) is 27.4. The molecule has 2 unspecified atom stereocenters. The fraction of sp³-hybridized carbons (Fsp3) is 0.514. The van der Waals surface area contributed by atoms with E-state index in [4.69, 9.17) is 10.00 Å². The molecule has 2 atom stereocenters. The van der Waals surface area contributed by atoms with Gasteiger partial charge in [-0.25, -0.2) is 5.43 Å². The van der Waals surface area contributed by atoms with Crippen molar-refractivity contribution in [1.29, 1.82) is 5.26 Å². The second-order valence-corrected chi connectivity index (χ2v) is 11.4. The van der Waals surface area contributed by atoms with Crippen LogP contribution in [0.5, 0.6) is 5.75 Å². The first-order valence-electron chi connectivity index (χ1n) is 16.2. The number of nitrogens with one attached hydrogen (secondary N) is 3. The average Bonchev–Trinajstić information content (AvgIpc) is 3.06. The van der Waals surface area contributed by atoms with E-state index in [1.165, 1.54) is 16.7 Å². The third-order valence-electron chi connectivity index (χ3n) is 8.15. The van der Waals surface area contributed by atoms with Crippen LogP contribution in [0.25, 0.3) is 5.57 Å². The van der Waals surface area contributed by atoms with Gasteiger partial charge in [-0.1, -0.05) is 55.8 Å².